The van der Waals surface area contributed by atoms with Crippen LogP contribution in [0.25, 0.3) is 43.9 Å². The molecule has 6 aromatic rings. The summed E-state index contributed by atoms with van der Waals surface area (Å²) in [5.74, 6) is 3.40. The third kappa shape index (κ3) is 17.8. The average Bonchev–Trinajstić information content (AvgIpc) is 3.93. The van der Waals surface area contributed by atoms with Crippen molar-refractivity contribution in [3.8, 4) is 0 Å². The largest absolute Gasteiger partial charge is 0.382 e. The number of nitrogens with one attached hydrogen (secondary N) is 2. The second-order valence-corrected chi connectivity index (χ2v) is 19.2. The second-order valence-electron chi connectivity index (χ2n) is 19.2. The number of aryl methyl sites for hydroxylation is 4. The van der Waals surface area contributed by atoms with E-state index in [0.717, 1.165) is 157 Å². The van der Waals surface area contributed by atoms with Gasteiger partial charge in [0.1, 0.15) is 63.5 Å². The van der Waals surface area contributed by atoms with E-state index in [1.165, 1.54) is 30.4 Å². The number of likely N-dealkylation sites (N-methyl/N-ethyl adjacent to an activating group) is 2. The third-order valence-corrected chi connectivity index (χ3v) is 12.6. The molecular weight excluding hydrogens is 853 g/mol. The van der Waals surface area contributed by atoms with Crippen LogP contribution in [-0.2, 0) is 44.7 Å². The molecule has 0 fully saturated rings. The van der Waals surface area contributed by atoms with Gasteiger partial charge in [0.2, 0.25) is 0 Å². The predicted octanol–water partition coefficient (Wildman–Crippen LogP) is 9.95. The van der Waals surface area contributed by atoms with Crippen LogP contribution in [0.15, 0.2) is 36.4 Å². The predicted molar refractivity (Wildman–Crippen MR) is 282 cm³/mol. The Hall–Kier alpha value is -5.02. The van der Waals surface area contributed by atoms with Crippen LogP contribution < -0.4 is 11.5 Å². The molecule has 6 rings (SSSR count). The Morgan fingerprint density at radius 2 is 1.09 bits per heavy atom. The van der Waals surface area contributed by atoms with E-state index in [2.05, 4.69) is 96.2 Å². The molecule has 0 bridgehead atoms. The minimum absolute atomic E-state index is 0. The van der Waals surface area contributed by atoms with Gasteiger partial charge in [-0.05, 0) is 108 Å². The van der Waals surface area contributed by atoms with Crippen molar-refractivity contribution in [2.24, 2.45) is 0 Å². The van der Waals surface area contributed by atoms with Gasteiger partial charge < -0.3 is 47.7 Å². The van der Waals surface area contributed by atoms with Gasteiger partial charge in [-0.2, -0.15) is 0 Å². The van der Waals surface area contributed by atoms with E-state index < -0.39 is 0 Å². The first kappa shape index (κ1) is 55.6. The molecule has 14 heteroatoms. The SMILES string of the molecule is CCCCc1nc2c([nH]1)c(N)nc1cc(CCCCCN(C)CCOCCC(C)=O)ccc12.CCCCc1nc2c([nH]1)c(N)nc1cc(CCCCC[N+](C)(C)CCOCCC(C)=O)ccc12.[CH3-]. The molecule has 0 amide bonds. The number of ether oxygens (including phenoxy) is 2. The first-order chi connectivity index (χ1) is 32.3. The number of hydrogen-bond acceptors (Lipinski definition) is 11. The number of nitrogens with zero attached hydrogens (tertiary/aromatic N) is 6. The van der Waals surface area contributed by atoms with Crippen LogP contribution in [0.3, 0.4) is 0 Å². The van der Waals surface area contributed by atoms with Gasteiger partial charge in [-0.3, -0.25) is 9.59 Å². The fourth-order valence-corrected chi connectivity index (χ4v) is 8.28. The number of rotatable bonds is 30. The average molecular weight is 937 g/mol. The molecule has 0 unspecified atom stereocenters. The Bertz CT molecular complexity index is 2480. The molecule has 0 saturated heterocycles. The summed E-state index contributed by atoms with van der Waals surface area (Å²) < 4.78 is 12.0. The number of pyridine rings is 2. The zero-order valence-corrected chi connectivity index (χ0v) is 42.9. The molecule has 0 atom stereocenters. The van der Waals surface area contributed by atoms with E-state index in [1.807, 2.05) is 0 Å². The summed E-state index contributed by atoms with van der Waals surface area (Å²) in [4.78, 5) is 49.8. The molecule has 68 heavy (non-hydrogen) atoms. The van der Waals surface area contributed by atoms with Gasteiger partial charge in [0, 0.05) is 43.0 Å². The number of aromatic amines is 2. The Labute approximate surface area is 406 Å². The Morgan fingerprint density at radius 1 is 0.603 bits per heavy atom. The fraction of sp³-hybridized carbons (Fsp3) is 0.574. The second kappa shape index (κ2) is 28.5. The van der Waals surface area contributed by atoms with Crippen LogP contribution in [-0.4, -0.2) is 125 Å². The normalized spacial score (nSPS) is 11.8. The molecule has 0 radical (unpaired) electrons. The van der Waals surface area contributed by atoms with Gasteiger partial charge >= 0.3 is 0 Å². The number of imidazole rings is 2. The van der Waals surface area contributed by atoms with Crippen LogP contribution in [0.1, 0.15) is 128 Å². The number of nitrogens with two attached hydrogens (primary N) is 2. The number of Topliss-reactive ketones (excluding diaryl/α,β-unsaturated/α-hetero) is 2. The zero-order valence-electron chi connectivity index (χ0n) is 42.9. The van der Waals surface area contributed by atoms with Crippen LogP contribution >= 0.6 is 0 Å². The highest BCUT2D eigenvalue weighted by Gasteiger charge is 2.16. The Morgan fingerprint density at radius 3 is 1.57 bits per heavy atom. The molecule has 6 N–H and O–H groups in total. The van der Waals surface area contributed by atoms with Gasteiger partial charge in [0.15, 0.2) is 0 Å². The van der Waals surface area contributed by atoms with Crippen molar-refractivity contribution >= 4 is 67.1 Å². The van der Waals surface area contributed by atoms with E-state index >= 15 is 0 Å². The molecular formula is C54H84N10O4. The number of carbonyl (C=O) groups excluding carboxylic acids is 2. The highest BCUT2D eigenvalue weighted by atomic mass is 16.5. The smallest absolute Gasteiger partial charge is 0.150 e. The number of quaternary nitrogens is 1. The molecule has 0 aliphatic heterocycles. The quantitative estimate of drug-likeness (QED) is 0.0191. The molecule has 4 aromatic heterocycles. The maximum absolute atomic E-state index is 11.0. The van der Waals surface area contributed by atoms with E-state index in [9.17, 15) is 9.59 Å². The summed E-state index contributed by atoms with van der Waals surface area (Å²) in [7, 11) is 6.62. The topological polar surface area (TPSA) is 191 Å². The van der Waals surface area contributed by atoms with Gasteiger partial charge in [0.05, 0.1) is 58.1 Å². The summed E-state index contributed by atoms with van der Waals surface area (Å²) in [6.07, 6.45) is 16.5. The van der Waals surface area contributed by atoms with Crippen molar-refractivity contribution in [2.75, 3.05) is 85.2 Å². The van der Waals surface area contributed by atoms with Crippen LogP contribution in [0.5, 0.6) is 0 Å². The fourth-order valence-electron chi connectivity index (χ4n) is 8.28. The molecule has 0 spiro atoms. The molecule has 14 nitrogen and oxygen atoms in total. The van der Waals surface area contributed by atoms with E-state index in [0.29, 0.717) is 50.9 Å². The number of carbonyl (C=O) groups is 2. The highest BCUT2D eigenvalue weighted by molar-refractivity contribution is 6.07. The number of hydrogen-bond donors (Lipinski definition) is 4. The number of nitrogen functional groups attached to an aromatic ring is 2. The number of anilines is 2. The number of ketones is 2. The number of unbranched alkanes of at least 4 members (excludes halogenated alkanes) is 6. The van der Waals surface area contributed by atoms with Crippen molar-refractivity contribution in [1.82, 2.24) is 34.8 Å². The number of fused-ring (bicyclic) bond motifs is 6. The molecule has 0 aliphatic carbocycles. The number of benzene rings is 2. The van der Waals surface area contributed by atoms with E-state index in [-0.39, 0.29) is 19.0 Å². The lowest BCUT2D eigenvalue weighted by Gasteiger charge is -2.29. The lowest BCUT2D eigenvalue weighted by Crippen LogP contribution is -2.43. The summed E-state index contributed by atoms with van der Waals surface area (Å²) in [5, 5.41) is 2.13. The van der Waals surface area contributed by atoms with Gasteiger partial charge in [0.25, 0.3) is 0 Å². The number of H-pyrrole nitrogens is 2. The third-order valence-electron chi connectivity index (χ3n) is 12.6. The molecule has 2 aromatic carbocycles. The first-order valence-electron chi connectivity index (χ1n) is 25.0. The Balaban J connectivity index is 0.000000292. The molecule has 4 heterocycles. The summed E-state index contributed by atoms with van der Waals surface area (Å²) in [6, 6.07) is 13.0. The number of aromatic nitrogens is 6. The van der Waals surface area contributed by atoms with Crippen molar-refractivity contribution in [3.05, 3.63) is 66.6 Å². The molecule has 374 valence electrons. The molecule has 0 saturated carbocycles. The lowest BCUT2D eigenvalue weighted by molar-refractivity contribution is -0.891. The van der Waals surface area contributed by atoms with Crippen molar-refractivity contribution in [1.29, 1.82) is 0 Å². The standard InChI is InChI=1S/C27H42N5O2.C26H39N5O2.CH3/c1-5-6-11-24-30-25-22-13-12-21(19-23(22)29-27(28)26(25)31-24)10-8-7-9-15-32(3,4)16-18-34-17-14-20(2)33;1-4-5-10-23-29-24-21-12-11-20(18-22(21)28-26(27)25(24)30-23)9-7-6-8-14-31(3)15-17-33-16-13-19(2)32;/h12-13,19H,5-11,14-18H2,1-4H3,(H2,28,29)(H,30,31);11-12,18H,4-10,13-17H2,1-3H3,(H2,27,28)(H,29,30);1H3/q+1;;-1. The van der Waals surface area contributed by atoms with E-state index in [1.54, 1.807) is 13.8 Å². The van der Waals surface area contributed by atoms with Crippen LogP contribution in [0.4, 0.5) is 11.6 Å². The first-order valence-corrected chi connectivity index (χ1v) is 25.0. The highest BCUT2D eigenvalue weighted by Crippen LogP contribution is 2.29. The van der Waals surface area contributed by atoms with Crippen molar-refractivity contribution in [2.45, 2.75) is 130 Å². The minimum Gasteiger partial charge on any atom is -0.382 e. The summed E-state index contributed by atoms with van der Waals surface area (Å²) >= 11 is 0. The van der Waals surface area contributed by atoms with Gasteiger partial charge in [-0.1, -0.05) is 57.4 Å². The monoisotopic (exact) mass is 937 g/mol. The van der Waals surface area contributed by atoms with Gasteiger partial charge in [-0.25, -0.2) is 19.9 Å². The maximum Gasteiger partial charge on any atom is 0.150 e. The molecule has 0 aliphatic rings. The van der Waals surface area contributed by atoms with Crippen molar-refractivity contribution in [3.63, 3.8) is 0 Å². The maximum atomic E-state index is 11.0. The zero-order chi connectivity index (χ0) is 48.2. The van der Waals surface area contributed by atoms with Crippen LogP contribution in [0.2, 0.25) is 0 Å². The van der Waals surface area contributed by atoms with Crippen LogP contribution in [0, 0.1) is 7.43 Å². The van der Waals surface area contributed by atoms with Crippen molar-refractivity contribution < 1.29 is 23.5 Å². The lowest BCUT2D eigenvalue weighted by atomic mass is 10.0. The summed E-state index contributed by atoms with van der Waals surface area (Å²) in [5.41, 5.74) is 20.5. The Kier molecular flexibility index (Phi) is 23.3. The summed E-state index contributed by atoms with van der Waals surface area (Å²) in [6.45, 7) is 14.1. The van der Waals surface area contributed by atoms with E-state index in [4.69, 9.17) is 30.9 Å². The van der Waals surface area contributed by atoms with Gasteiger partial charge in [-0.15, -0.1) is 0 Å². The minimum atomic E-state index is 0.